The van der Waals surface area contributed by atoms with E-state index < -0.39 is 26.7 Å². The zero-order valence-corrected chi connectivity index (χ0v) is 13.9. The van der Waals surface area contributed by atoms with Crippen molar-refractivity contribution in [2.75, 3.05) is 9.93 Å². The first-order valence-corrected chi connectivity index (χ1v) is 8.48. The number of halogens is 4. The fourth-order valence-electron chi connectivity index (χ4n) is 1.62. The summed E-state index contributed by atoms with van der Waals surface area (Å²) in [7, 11) is -2.53. The highest BCUT2D eigenvalue weighted by atomic mass is 35.5. The van der Waals surface area contributed by atoms with E-state index in [-0.39, 0.29) is 21.7 Å². The summed E-state index contributed by atoms with van der Waals surface area (Å²) in [6.07, 6.45) is 0. The van der Waals surface area contributed by atoms with Gasteiger partial charge in [0.1, 0.15) is 11.0 Å². The van der Waals surface area contributed by atoms with Crippen LogP contribution in [0.2, 0.25) is 10.3 Å². The minimum absolute atomic E-state index is 0.148. The van der Waals surface area contributed by atoms with Gasteiger partial charge < -0.3 is 0 Å². The average molecular weight is 390 g/mol. The van der Waals surface area contributed by atoms with Crippen molar-refractivity contribution >= 4 is 50.5 Å². The molecule has 0 saturated carbocycles. The third-order valence-electron chi connectivity index (χ3n) is 2.57. The fraction of sp³-hybridized carbons (Fsp3) is 0.200. The highest BCUT2D eigenvalue weighted by Crippen LogP contribution is 2.29. The Morgan fingerprint density at radius 1 is 1.36 bits per heavy atom. The molecule has 12 heteroatoms. The molecule has 7 nitrogen and oxygen atoms in total. The number of nitrogens with one attached hydrogen (secondary N) is 1. The van der Waals surface area contributed by atoms with Crippen molar-refractivity contribution in [1.82, 2.24) is 14.3 Å². The van der Waals surface area contributed by atoms with Gasteiger partial charge in [-0.05, 0) is 23.7 Å². The van der Waals surface area contributed by atoms with Gasteiger partial charge in [-0.3, -0.25) is 4.72 Å². The van der Waals surface area contributed by atoms with Crippen molar-refractivity contribution in [1.29, 1.82) is 0 Å². The summed E-state index contributed by atoms with van der Waals surface area (Å²) in [6, 6.07) is 1.87. The SMILES string of the molecule is Cn1nc(Cl)n(-c2cc(NS(=O)(=O)CCl)c(Cl)cc2F)c1=O. The molecular weight excluding hydrogens is 382 g/mol. The number of aromatic nitrogens is 3. The van der Waals surface area contributed by atoms with E-state index in [0.717, 1.165) is 21.4 Å². The van der Waals surface area contributed by atoms with Gasteiger partial charge in [0.05, 0.1) is 16.4 Å². The molecule has 0 radical (unpaired) electrons. The molecule has 2 rings (SSSR count). The molecule has 1 heterocycles. The Labute approximate surface area is 139 Å². The van der Waals surface area contributed by atoms with E-state index in [1.807, 2.05) is 0 Å². The molecule has 0 fully saturated rings. The number of hydrogen-bond donors (Lipinski definition) is 1. The molecule has 1 N–H and O–H groups in total. The first kappa shape index (κ1) is 17.1. The first-order chi connectivity index (χ1) is 10.2. The van der Waals surface area contributed by atoms with Crippen LogP contribution in [-0.4, -0.2) is 28.0 Å². The van der Waals surface area contributed by atoms with Crippen molar-refractivity contribution < 1.29 is 12.8 Å². The summed E-state index contributed by atoms with van der Waals surface area (Å²) in [6.45, 7) is 0. The Morgan fingerprint density at radius 3 is 2.50 bits per heavy atom. The van der Waals surface area contributed by atoms with Gasteiger partial charge in [0.15, 0.2) is 0 Å². The molecule has 2 aromatic rings. The quantitative estimate of drug-likeness (QED) is 0.810. The minimum atomic E-state index is -3.85. The molecule has 0 bridgehead atoms. The maximum absolute atomic E-state index is 14.1. The Kier molecular flexibility index (Phi) is 4.71. The van der Waals surface area contributed by atoms with Gasteiger partial charge in [0, 0.05) is 7.05 Å². The van der Waals surface area contributed by atoms with Crippen LogP contribution in [0, 0.1) is 5.82 Å². The number of sulfonamides is 1. The molecule has 0 aliphatic carbocycles. The van der Waals surface area contributed by atoms with Crippen LogP contribution < -0.4 is 10.4 Å². The molecule has 1 aromatic carbocycles. The Balaban J connectivity index is 2.66. The lowest BCUT2D eigenvalue weighted by molar-refractivity contribution is 0.604. The molecular formula is C10H8Cl3FN4O3S. The Hall–Kier alpha value is -1.29. The van der Waals surface area contributed by atoms with E-state index in [0.29, 0.717) is 0 Å². The summed E-state index contributed by atoms with van der Waals surface area (Å²) in [5.41, 5.74) is -1.16. The van der Waals surface area contributed by atoms with Gasteiger partial charge in [-0.25, -0.2) is 26.9 Å². The Morgan fingerprint density at radius 2 is 2.00 bits per heavy atom. The predicted octanol–water partition coefficient (Wildman–Crippen LogP) is 1.95. The molecule has 0 unspecified atom stereocenters. The summed E-state index contributed by atoms with van der Waals surface area (Å²) in [4.78, 5) is 11.9. The van der Waals surface area contributed by atoms with Crippen molar-refractivity contribution in [2.45, 2.75) is 0 Å². The van der Waals surface area contributed by atoms with Crippen LogP contribution in [0.4, 0.5) is 10.1 Å². The van der Waals surface area contributed by atoms with Crippen molar-refractivity contribution in [3.05, 3.63) is 38.7 Å². The number of hydrogen-bond acceptors (Lipinski definition) is 4. The zero-order chi connectivity index (χ0) is 16.7. The van der Waals surface area contributed by atoms with E-state index in [1.165, 1.54) is 7.05 Å². The van der Waals surface area contributed by atoms with Gasteiger partial charge >= 0.3 is 5.69 Å². The third kappa shape index (κ3) is 3.22. The maximum atomic E-state index is 14.1. The van der Waals surface area contributed by atoms with E-state index in [1.54, 1.807) is 0 Å². The smallest absolute Gasteiger partial charge is 0.281 e. The largest absolute Gasteiger partial charge is 0.351 e. The molecule has 120 valence electrons. The van der Waals surface area contributed by atoms with Crippen LogP contribution in [0.5, 0.6) is 0 Å². The van der Waals surface area contributed by atoms with Crippen molar-refractivity contribution in [2.24, 2.45) is 7.05 Å². The van der Waals surface area contributed by atoms with E-state index in [9.17, 15) is 17.6 Å². The molecule has 0 spiro atoms. The van der Waals surface area contributed by atoms with Crippen LogP contribution in [-0.2, 0) is 17.1 Å². The number of benzene rings is 1. The molecule has 0 atom stereocenters. The summed E-state index contributed by atoms with van der Waals surface area (Å²) in [5, 5.41) is 2.43. The fourth-order valence-corrected chi connectivity index (χ4v) is 2.87. The highest BCUT2D eigenvalue weighted by molar-refractivity contribution is 7.93. The summed E-state index contributed by atoms with van der Waals surface area (Å²) < 4.78 is 40.8. The number of rotatable bonds is 4. The van der Waals surface area contributed by atoms with Gasteiger partial charge in [-0.2, -0.15) is 0 Å². The number of anilines is 1. The molecule has 0 saturated heterocycles. The van der Waals surface area contributed by atoms with Crippen molar-refractivity contribution in [3.63, 3.8) is 0 Å². The molecule has 0 aliphatic heterocycles. The molecule has 22 heavy (non-hydrogen) atoms. The van der Waals surface area contributed by atoms with Gasteiger partial charge in [-0.15, -0.1) is 16.7 Å². The third-order valence-corrected chi connectivity index (χ3v) is 4.81. The molecule has 0 amide bonds. The lowest BCUT2D eigenvalue weighted by Crippen LogP contribution is -2.22. The van der Waals surface area contributed by atoms with Crippen LogP contribution in [0.15, 0.2) is 16.9 Å². The van der Waals surface area contributed by atoms with Crippen LogP contribution in [0.3, 0.4) is 0 Å². The van der Waals surface area contributed by atoms with Crippen LogP contribution in [0.1, 0.15) is 0 Å². The Bertz CT molecular complexity index is 894. The van der Waals surface area contributed by atoms with Crippen molar-refractivity contribution in [3.8, 4) is 5.69 Å². The zero-order valence-electron chi connectivity index (χ0n) is 10.8. The average Bonchev–Trinajstić information content (AvgIpc) is 2.67. The number of aryl methyl sites for hydroxylation is 1. The lowest BCUT2D eigenvalue weighted by atomic mass is 10.2. The summed E-state index contributed by atoms with van der Waals surface area (Å²) >= 11 is 16.8. The molecule has 0 aliphatic rings. The lowest BCUT2D eigenvalue weighted by Gasteiger charge is -2.11. The van der Waals surface area contributed by atoms with E-state index in [4.69, 9.17) is 34.8 Å². The summed E-state index contributed by atoms with van der Waals surface area (Å²) in [5.74, 6) is -0.879. The number of nitrogens with zero attached hydrogens (tertiary/aromatic N) is 3. The minimum Gasteiger partial charge on any atom is -0.281 e. The topological polar surface area (TPSA) is 86.0 Å². The van der Waals surface area contributed by atoms with Gasteiger partial charge in [-0.1, -0.05) is 11.6 Å². The monoisotopic (exact) mass is 388 g/mol. The second kappa shape index (κ2) is 6.07. The normalized spacial score (nSPS) is 11.7. The highest BCUT2D eigenvalue weighted by Gasteiger charge is 2.19. The first-order valence-electron chi connectivity index (χ1n) is 5.53. The van der Waals surface area contributed by atoms with E-state index >= 15 is 0 Å². The van der Waals surface area contributed by atoms with Crippen LogP contribution in [0.25, 0.3) is 5.69 Å². The standard InChI is InChI=1S/C10H8Cl3FN4O3S/c1-17-10(19)18(9(13)15-17)8-3-7(5(12)2-6(8)14)16-22(20,21)4-11/h2-3,16H,4H2,1H3. The second-order valence-electron chi connectivity index (χ2n) is 4.12. The maximum Gasteiger partial charge on any atom is 0.351 e. The van der Waals surface area contributed by atoms with E-state index in [2.05, 4.69) is 9.82 Å². The van der Waals surface area contributed by atoms with Crippen LogP contribution >= 0.6 is 34.8 Å². The predicted molar refractivity (Wildman–Crippen MR) is 82.0 cm³/mol. The van der Waals surface area contributed by atoms with Gasteiger partial charge in [0.25, 0.3) is 0 Å². The number of alkyl halides is 1. The molecule has 1 aromatic heterocycles. The van der Waals surface area contributed by atoms with Gasteiger partial charge in [0.2, 0.25) is 15.3 Å². The second-order valence-corrected chi connectivity index (χ2v) is 7.17.